The summed E-state index contributed by atoms with van der Waals surface area (Å²) < 4.78 is 0. The molecule has 1 amide bonds. The predicted octanol–water partition coefficient (Wildman–Crippen LogP) is 1.73. The van der Waals surface area contributed by atoms with Gasteiger partial charge in [0.2, 0.25) is 5.91 Å². The molecule has 0 saturated carbocycles. The molecular weight excluding hydrogens is 355 g/mol. The van der Waals surface area contributed by atoms with E-state index in [0.717, 1.165) is 13.0 Å². The van der Waals surface area contributed by atoms with E-state index in [1.165, 1.54) is 0 Å². The summed E-state index contributed by atoms with van der Waals surface area (Å²) in [5.41, 5.74) is -0.201. The van der Waals surface area contributed by atoms with Gasteiger partial charge in [0.15, 0.2) is 5.96 Å². The number of amides is 1. The maximum Gasteiger partial charge on any atom is 0.239 e. The second-order valence-electron chi connectivity index (χ2n) is 5.83. The van der Waals surface area contributed by atoms with Crippen molar-refractivity contribution in [3.8, 4) is 0 Å². The first-order valence-corrected chi connectivity index (χ1v) is 6.50. The first-order chi connectivity index (χ1) is 8.24. The summed E-state index contributed by atoms with van der Waals surface area (Å²) in [5.74, 6) is 1.29. The van der Waals surface area contributed by atoms with Gasteiger partial charge in [0.25, 0.3) is 0 Å². The summed E-state index contributed by atoms with van der Waals surface area (Å²) in [6, 6.07) is 0. The van der Waals surface area contributed by atoms with Crippen molar-refractivity contribution in [2.24, 2.45) is 10.9 Å². The van der Waals surface area contributed by atoms with E-state index >= 15 is 0 Å². The standard InChI is InChI=1S/C13H28N4O.HI/c1-10(2)7-8-15-12(14-6)16-9-11(18)17-13(3,4)5;/h10H,7-9H2,1-6H3,(H,17,18)(H2,14,15,16);1H. The molecule has 19 heavy (non-hydrogen) atoms. The molecule has 0 heterocycles. The average molecular weight is 384 g/mol. The Hall–Kier alpha value is -0.530. The maximum atomic E-state index is 11.6. The number of halogens is 1. The molecule has 0 aliphatic rings. The molecule has 5 nitrogen and oxygen atoms in total. The Bertz CT molecular complexity index is 285. The van der Waals surface area contributed by atoms with Gasteiger partial charge in [-0.2, -0.15) is 0 Å². The van der Waals surface area contributed by atoms with Crippen LogP contribution in [0.4, 0.5) is 0 Å². The van der Waals surface area contributed by atoms with Crippen LogP contribution in [-0.2, 0) is 4.79 Å². The predicted molar refractivity (Wildman–Crippen MR) is 92.1 cm³/mol. The lowest BCUT2D eigenvalue weighted by Gasteiger charge is -2.21. The van der Waals surface area contributed by atoms with Gasteiger partial charge in [-0.15, -0.1) is 24.0 Å². The molecule has 0 aromatic rings. The minimum absolute atomic E-state index is 0. The fraction of sp³-hybridized carbons (Fsp3) is 0.846. The van der Waals surface area contributed by atoms with Crippen molar-refractivity contribution in [1.82, 2.24) is 16.0 Å². The Morgan fingerprint density at radius 3 is 2.21 bits per heavy atom. The van der Waals surface area contributed by atoms with Gasteiger partial charge in [-0.1, -0.05) is 13.8 Å². The lowest BCUT2D eigenvalue weighted by molar-refractivity contribution is -0.121. The van der Waals surface area contributed by atoms with Crippen LogP contribution in [0.2, 0.25) is 0 Å². The van der Waals surface area contributed by atoms with Crippen LogP contribution in [0.15, 0.2) is 4.99 Å². The van der Waals surface area contributed by atoms with Crippen molar-refractivity contribution < 1.29 is 4.79 Å². The molecule has 0 aliphatic carbocycles. The molecule has 0 radical (unpaired) electrons. The van der Waals surface area contributed by atoms with E-state index in [4.69, 9.17) is 0 Å². The second-order valence-corrected chi connectivity index (χ2v) is 5.83. The monoisotopic (exact) mass is 384 g/mol. The molecule has 0 rings (SSSR count). The number of aliphatic imine (C=N–C) groups is 1. The van der Waals surface area contributed by atoms with Gasteiger partial charge < -0.3 is 16.0 Å². The highest BCUT2D eigenvalue weighted by molar-refractivity contribution is 14.0. The summed E-state index contributed by atoms with van der Waals surface area (Å²) in [6.45, 7) is 11.3. The van der Waals surface area contributed by atoms with Crippen molar-refractivity contribution in [3.63, 3.8) is 0 Å². The van der Waals surface area contributed by atoms with Crippen LogP contribution in [0.5, 0.6) is 0 Å². The van der Waals surface area contributed by atoms with Crippen molar-refractivity contribution in [2.75, 3.05) is 20.1 Å². The minimum Gasteiger partial charge on any atom is -0.356 e. The fourth-order valence-corrected chi connectivity index (χ4v) is 1.33. The lowest BCUT2D eigenvalue weighted by atomic mass is 10.1. The maximum absolute atomic E-state index is 11.6. The van der Waals surface area contributed by atoms with E-state index in [2.05, 4.69) is 34.8 Å². The summed E-state index contributed by atoms with van der Waals surface area (Å²) >= 11 is 0. The molecule has 0 unspecified atom stereocenters. The molecule has 0 saturated heterocycles. The number of hydrogen-bond donors (Lipinski definition) is 3. The topological polar surface area (TPSA) is 65.5 Å². The van der Waals surface area contributed by atoms with E-state index in [1.807, 2.05) is 20.8 Å². The van der Waals surface area contributed by atoms with Crippen molar-refractivity contribution in [3.05, 3.63) is 0 Å². The molecule has 3 N–H and O–H groups in total. The molecule has 114 valence electrons. The molecule has 0 fully saturated rings. The molecule has 0 aromatic carbocycles. The van der Waals surface area contributed by atoms with Gasteiger partial charge in [0.1, 0.15) is 0 Å². The zero-order valence-electron chi connectivity index (χ0n) is 13.0. The smallest absolute Gasteiger partial charge is 0.239 e. The molecule has 0 aromatic heterocycles. The van der Waals surface area contributed by atoms with E-state index in [-0.39, 0.29) is 42.0 Å². The Labute approximate surface area is 134 Å². The number of hydrogen-bond acceptors (Lipinski definition) is 2. The second kappa shape index (κ2) is 10.3. The summed E-state index contributed by atoms with van der Waals surface area (Å²) in [7, 11) is 1.70. The fourth-order valence-electron chi connectivity index (χ4n) is 1.33. The average Bonchev–Trinajstić information content (AvgIpc) is 2.20. The first kappa shape index (κ1) is 20.8. The zero-order valence-corrected chi connectivity index (χ0v) is 15.3. The Kier molecular flexibility index (Phi) is 11.2. The van der Waals surface area contributed by atoms with Crippen molar-refractivity contribution in [1.29, 1.82) is 0 Å². The van der Waals surface area contributed by atoms with Crippen LogP contribution in [0.3, 0.4) is 0 Å². The van der Waals surface area contributed by atoms with Crippen LogP contribution in [0.25, 0.3) is 0 Å². The van der Waals surface area contributed by atoms with Crippen molar-refractivity contribution >= 4 is 35.8 Å². The van der Waals surface area contributed by atoms with E-state index in [9.17, 15) is 4.79 Å². The molecule has 6 heteroatoms. The van der Waals surface area contributed by atoms with Gasteiger partial charge in [-0.05, 0) is 33.1 Å². The van der Waals surface area contributed by atoms with E-state index < -0.39 is 0 Å². The molecule has 0 bridgehead atoms. The Morgan fingerprint density at radius 1 is 1.21 bits per heavy atom. The van der Waals surface area contributed by atoms with Gasteiger partial charge in [0.05, 0.1) is 6.54 Å². The lowest BCUT2D eigenvalue weighted by Crippen LogP contribution is -2.48. The van der Waals surface area contributed by atoms with Crippen LogP contribution in [-0.4, -0.2) is 37.5 Å². The molecule has 0 atom stereocenters. The molecular formula is C13H29IN4O. The van der Waals surface area contributed by atoms with Crippen LogP contribution >= 0.6 is 24.0 Å². The Balaban J connectivity index is 0. The van der Waals surface area contributed by atoms with Crippen LogP contribution in [0, 0.1) is 5.92 Å². The first-order valence-electron chi connectivity index (χ1n) is 6.50. The van der Waals surface area contributed by atoms with Crippen LogP contribution < -0.4 is 16.0 Å². The van der Waals surface area contributed by atoms with Gasteiger partial charge in [-0.3, -0.25) is 9.79 Å². The summed E-state index contributed by atoms with van der Waals surface area (Å²) in [4.78, 5) is 15.7. The number of guanidine groups is 1. The van der Waals surface area contributed by atoms with E-state index in [1.54, 1.807) is 7.05 Å². The minimum atomic E-state index is -0.201. The highest BCUT2D eigenvalue weighted by atomic mass is 127. The number of nitrogens with zero attached hydrogens (tertiary/aromatic N) is 1. The quantitative estimate of drug-likeness (QED) is 0.384. The third-order valence-electron chi connectivity index (χ3n) is 2.17. The highest BCUT2D eigenvalue weighted by Gasteiger charge is 2.13. The highest BCUT2D eigenvalue weighted by Crippen LogP contribution is 1.97. The number of carbonyl (C=O) groups is 1. The summed E-state index contributed by atoms with van der Waals surface area (Å²) in [6.07, 6.45) is 1.08. The normalized spacial score (nSPS) is 11.8. The number of rotatable bonds is 5. The van der Waals surface area contributed by atoms with Gasteiger partial charge in [-0.25, -0.2) is 0 Å². The third kappa shape index (κ3) is 13.7. The Morgan fingerprint density at radius 2 is 1.79 bits per heavy atom. The van der Waals surface area contributed by atoms with Crippen LogP contribution in [0.1, 0.15) is 41.0 Å². The van der Waals surface area contributed by atoms with Gasteiger partial charge >= 0.3 is 0 Å². The van der Waals surface area contributed by atoms with Gasteiger partial charge in [0, 0.05) is 19.1 Å². The zero-order chi connectivity index (χ0) is 14.2. The molecule has 0 aliphatic heterocycles. The third-order valence-corrected chi connectivity index (χ3v) is 2.17. The molecule has 0 spiro atoms. The number of carbonyl (C=O) groups excluding carboxylic acids is 1. The van der Waals surface area contributed by atoms with Crippen molar-refractivity contribution in [2.45, 2.75) is 46.6 Å². The summed E-state index contributed by atoms with van der Waals surface area (Å²) in [5, 5.41) is 9.06. The number of nitrogens with one attached hydrogen (secondary N) is 3. The van der Waals surface area contributed by atoms with E-state index in [0.29, 0.717) is 11.9 Å². The largest absolute Gasteiger partial charge is 0.356 e. The SMILES string of the molecule is CN=C(NCCC(C)C)NCC(=O)NC(C)(C)C.I.